The van der Waals surface area contributed by atoms with E-state index < -0.39 is 0 Å². The van der Waals surface area contributed by atoms with Crippen LogP contribution in [0.2, 0.25) is 0 Å². The first kappa shape index (κ1) is 14.3. The van der Waals surface area contributed by atoms with E-state index in [1.54, 1.807) is 7.11 Å². The molecule has 0 saturated carbocycles. The van der Waals surface area contributed by atoms with E-state index in [-0.39, 0.29) is 6.04 Å². The van der Waals surface area contributed by atoms with Gasteiger partial charge in [-0.2, -0.15) is 0 Å². The van der Waals surface area contributed by atoms with Crippen LogP contribution in [0, 0.1) is 0 Å². The van der Waals surface area contributed by atoms with E-state index in [2.05, 4.69) is 60.2 Å². The van der Waals surface area contributed by atoms with Crippen molar-refractivity contribution in [2.75, 3.05) is 13.7 Å². The van der Waals surface area contributed by atoms with Gasteiger partial charge in [0.2, 0.25) is 0 Å². The molecule has 0 saturated heterocycles. The highest BCUT2D eigenvalue weighted by Gasteiger charge is 2.09. The van der Waals surface area contributed by atoms with Gasteiger partial charge in [0.15, 0.2) is 0 Å². The summed E-state index contributed by atoms with van der Waals surface area (Å²) in [7, 11) is 1.68. The van der Waals surface area contributed by atoms with Crippen LogP contribution in [-0.2, 0) is 0 Å². The fraction of sp³-hybridized carbons (Fsp3) is 0.429. The van der Waals surface area contributed by atoms with Crippen LogP contribution < -0.4 is 10.1 Å². The van der Waals surface area contributed by atoms with Crippen LogP contribution in [0.5, 0.6) is 5.75 Å². The lowest BCUT2D eigenvalue weighted by Gasteiger charge is -2.16. The normalized spacial score (nSPS) is 12.1. The maximum Gasteiger partial charge on any atom is 0.133 e. The number of halogens is 1. The lowest BCUT2D eigenvalue weighted by molar-refractivity contribution is 0.412. The highest BCUT2D eigenvalue weighted by atomic mass is 79.9. The fourth-order valence-electron chi connectivity index (χ4n) is 1.70. The minimum Gasteiger partial charge on any atom is -0.496 e. The molecule has 1 rings (SSSR count). The Kier molecular flexibility index (Phi) is 5.72. The number of methoxy groups -OCH3 is 1. The zero-order chi connectivity index (χ0) is 12.8. The molecule has 3 heteroatoms. The molecule has 17 heavy (non-hydrogen) atoms. The Bertz CT molecular complexity index is 397. The SMILES string of the molecule is CCNC(C=C(C)C)c1ccc(OC)c(Br)c1. The Morgan fingerprint density at radius 1 is 1.47 bits per heavy atom. The predicted octanol–water partition coefficient (Wildman–Crippen LogP) is 4.07. The van der Waals surface area contributed by atoms with Crippen molar-refractivity contribution in [3.63, 3.8) is 0 Å². The second-order valence-corrected chi connectivity index (χ2v) is 5.03. The number of hydrogen-bond acceptors (Lipinski definition) is 2. The molecule has 0 spiro atoms. The van der Waals surface area contributed by atoms with Gasteiger partial charge in [-0.3, -0.25) is 0 Å². The molecule has 0 heterocycles. The highest BCUT2D eigenvalue weighted by Crippen LogP contribution is 2.28. The zero-order valence-corrected chi connectivity index (χ0v) is 12.5. The fourth-order valence-corrected chi connectivity index (χ4v) is 2.26. The maximum absolute atomic E-state index is 5.24. The Balaban J connectivity index is 3.02. The van der Waals surface area contributed by atoms with Crippen molar-refractivity contribution in [2.24, 2.45) is 0 Å². The molecule has 1 aromatic rings. The molecule has 1 N–H and O–H groups in total. The maximum atomic E-state index is 5.24. The van der Waals surface area contributed by atoms with Crippen molar-refractivity contribution in [3.05, 3.63) is 39.9 Å². The smallest absolute Gasteiger partial charge is 0.133 e. The van der Waals surface area contributed by atoms with Gasteiger partial charge in [-0.15, -0.1) is 0 Å². The Morgan fingerprint density at radius 2 is 2.18 bits per heavy atom. The molecule has 0 fully saturated rings. The third-order valence-corrected chi connectivity index (χ3v) is 3.08. The first-order chi connectivity index (χ1) is 8.08. The molecule has 1 aromatic carbocycles. The van der Waals surface area contributed by atoms with Gasteiger partial charge in [0.05, 0.1) is 17.6 Å². The van der Waals surface area contributed by atoms with E-state index in [0.717, 1.165) is 16.8 Å². The summed E-state index contributed by atoms with van der Waals surface area (Å²) in [6.07, 6.45) is 2.23. The quantitative estimate of drug-likeness (QED) is 0.827. The van der Waals surface area contributed by atoms with E-state index in [0.29, 0.717) is 0 Å². The van der Waals surface area contributed by atoms with Crippen molar-refractivity contribution in [1.82, 2.24) is 5.32 Å². The summed E-state index contributed by atoms with van der Waals surface area (Å²) in [6.45, 7) is 7.29. The van der Waals surface area contributed by atoms with Gasteiger partial charge in [-0.1, -0.05) is 24.6 Å². The van der Waals surface area contributed by atoms with Crippen LogP contribution in [-0.4, -0.2) is 13.7 Å². The number of benzene rings is 1. The van der Waals surface area contributed by atoms with E-state index >= 15 is 0 Å². The molecular weight excluding hydrogens is 278 g/mol. The minimum atomic E-state index is 0.257. The topological polar surface area (TPSA) is 21.3 Å². The average Bonchev–Trinajstić information content (AvgIpc) is 2.28. The molecule has 1 unspecified atom stereocenters. The molecule has 1 atom stereocenters. The number of ether oxygens (including phenoxy) is 1. The summed E-state index contributed by atoms with van der Waals surface area (Å²) in [5.74, 6) is 0.862. The third kappa shape index (κ3) is 4.17. The van der Waals surface area contributed by atoms with Crippen LogP contribution >= 0.6 is 15.9 Å². The van der Waals surface area contributed by atoms with Crippen LogP contribution in [0.15, 0.2) is 34.3 Å². The van der Waals surface area contributed by atoms with E-state index in [4.69, 9.17) is 4.74 Å². The molecule has 94 valence electrons. The van der Waals surface area contributed by atoms with Gasteiger partial charge in [-0.25, -0.2) is 0 Å². The first-order valence-corrected chi connectivity index (χ1v) is 6.59. The Labute approximate surface area is 112 Å². The van der Waals surface area contributed by atoms with Crippen LogP contribution in [0.4, 0.5) is 0 Å². The van der Waals surface area contributed by atoms with E-state index in [1.807, 2.05) is 6.07 Å². The van der Waals surface area contributed by atoms with Gasteiger partial charge in [0, 0.05) is 0 Å². The van der Waals surface area contributed by atoms with Crippen LogP contribution in [0.1, 0.15) is 32.4 Å². The number of allylic oxidation sites excluding steroid dienone is 1. The summed E-state index contributed by atoms with van der Waals surface area (Å²) in [4.78, 5) is 0. The largest absolute Gasteiger partial charge is 0.496 e. The molecule has 0 bridgehead atoms. The lowest BCUT2D eigenvalue weighted by atomic mass is 10.0. The van der Waals surface area contributed by atoms with Gasteiger partial charge in [0.1, 0.15) is 5.75 Å². The molecule has 0 aromatic heterocycles. The molecule has 2 nitrogen and oxygen atoms in total. The molecular formula is C14H20BrNO. The van der Waals surface area contributed by atoms with Crippen molar-refractivity contribution < 1.29 is 4.74 Å². The number of rotatable bonds is 5. The van der Waals surface area contributed by atoms with Crippen LogP contribution in [0.3, 0.4) is 0 Å². The van der Waals surface area contributed by atoms with Gasteiger partial charge in [-0.05, 0) is 54.0 Å². The number of nitrogens with one attached hydrogen (secondary N) is 1. The standard InChI is InChI=1S/C14H20BrNO/c1-5-16-13(8-10(2)3)11-6-7-14(17-4)12(15)9-11/h6-9,13,16H,5H2,1-4H3. The molecule has 0 amide bonds. The average molecular weight is 298 g/mol. The lowest BCUT2D eigenvalue weighted by Crippen LogP contribution is -2.19. The molecule has 0 aliphatic rings. The number of hydrogen-bond donors (Lipinski definition) is 1. The van der Waals surface area contributed by atoms with Crippen molar-refractivity contribution in [2.45, 2.75) is 26.8 Å². The zero-order valence-electron chi connectivity index (χ0n) is 10.9. The summed E-state index contributed by atoms with van der Waals surface area (Å²) in [5.41, 5.74) is 2.55. The van der Waals surface area contributed by atoms with Crippen molar-refractivity contribution >= 4 is 15.9 Å². The van der Waals surface area contributed by atoms with E-state index in [1.165, 1.54) is 11.1 Å². The molecule has 0 aliphatic heterocycles. The van der Waals surface area contributed by atoms with Crippen LogP contribution in [0.25, 0.3) is 0 Å². The molecule has 0 aliphatic carbocycles. The third-order valence-electron chi connectivity index (χ3n) is 2.46. The van der Waals surface area contributed by atoms with E-state index in [9.17, 15) is 0 Å². The Hall–Kier alpha value is -0.800. The molecule has 0 radical (unpaired) electrons. The summed E-state index contributed by atoms with van der Waals surface area (Å²) >= 11 is 3.52. The monoisotopic (exact) mass is 297 g/mol. The van der Waals surface area contributed by atoms with Gasteiger partial charge >= 0.3 is 0 Å². The van der Waals surface area contributed by atoms with Gasteiger partial charge < -0.3 is 10.1 Å². The predicted molar refractivity (Wildman–Crippen MR) is 76.5 cm³/mol. The van der Waals surface area contributed by atoms with Crippen molar-refractivity contribution in [3.8, 4) is 5.75 Å². The Morgan fingerprint density at radius 3 is 2.65 bits per heavy atom. The van der Waals surface area contributed by atoms with Crippen molar-refractivity contribution in [1.29, 1.82) is 0 Å². The summed E-state index contributed by atoms with van der Waals surface area (Å²) in [5, 5.41) is 3.46. The second kappa shape index (κ2) is 6.82. The summed E-state index contributed by atoms with van der Waals surface area (Å²) < 4.78 is 6.23. The number of likely N-dealkylation sites (N-methyl/N-ethyl adjacent to an activating group) is 1. The first-order valence-electron chi connectivity index (χ1n) is 5.80. The van der Waals surface area contributed by atoms with Gasteiger partial charge in [0.25, 0.3) is 0 Å². The summed E-state index contributed by atoms with van der Waals surface area (Å²) in [6, 6.07) is 6.44. The second-order valence-electron chi connectivity index (χ2n) is 4.17. The minimum absolute atomic E-state index is 0.257. The highest BCUT2D eigenvalue weighted by molar-refractivity contribution is 9.10.